The summed E-state index contributed by atoms with van der Waals surface area (Å²) >= 11 is 6.06. The van der Waals surface area contributed by atoms with E-state index in [1.54, 1.807) is 12.1 Å². The van der Waals surface area contributed by atoms with E-state index in [-0.39, 0.29) is 5.91 Å². The molecular formula is C18H14ClNO. The van der Waals surface area contributed by atoms with Crippen molar-refractivity contribution < 1.29 is 4.79 Å². The molecule has 2 nitrogen and oxygen atoms in total. The Balaban J connectivity index is 1.87. The number of nitrogens with one attached hydrogen (secondary N) is 1. The van der Waals surface area contributed by atoms with E-state index in [4.69, 9.17) is 11.6 Å². The number of rotatable bonds is 2. The maximum Gasteiger partial charge on any atom is 0.255 e. The lowest BCUT2D eigenvalue weighted by molar-refractivity contribution is 0.102. The normalized spacial score (nSPS) is 10.6. The smallest absolute Gasteiger partial charge is 0.255 e. The topological polar surface area (TPSA) is 29.1 Å². The van der Waals surface area contributed by atoms with Crippen molar-refractivity contribution in [1.82, 2.24) is 0 Å². The number of fused-ring (bicyclic) bond motifs is 1. The van der Waals surface area contributed by atoms with Gasteiger partial charge in [-0.05, 0) is 47.5 Å². The van der Waals surface area contributed by atoms with Crippen molar-refractivity contribution in [3.8, 4) is 0 Å². The molecule has 0 bridgehead atoms. The molecule has 0 unspecified atom stereocenters. The highest BCUT2D eigenvalue weighted by molar-refractivity contribution is 6.31. The first-order chi connectivity index (χ1) is 10.1. The third-order valence-electron chi connectivity index (χ3n) is 3.44. The first-order valence-corrected chi connectivity index (χ1v) is 7.07. The summed E-state index contributed by atoms with van der Waals surface area (Å²) < 4.78 is 0. The second-order valence-corrected chi connectivity index (χ2v) is 5.39. The zero-order valence-electron chi connectivity index (χ0n) is 11.6. The first-order valence-electron chi connectivity index (χ1n) is 6.70. The highest BCUT2D eigenvalue weighted by Gasteiger charge is 2.08. The summed E-state index contributed by atoms with van der Waals surface area (Å²) in [4.78, 5) is 12.2. The molecule has 104 valence electrons. The number of aryl methyl sites for hydroxylation is 1. The molecular weight excluding hydrogens is 282 g/mol. The minimum atomic E-state index is -0.160. The van der Waals surface area contributed by atoms with Gasteiger partial charge in [-0.1, -0.05) is 48.0 Å². The Hall–Kier alpha value is -2.32. The zero-order chi connectivity index (χ0) is 14.8. The molecule has 0 fully saturated rings. The molecule has 3 aromatic rings. The van der Waals surface area contributed by atoms with E-state index >= 15 is 0 Å². The van der Waals surface area contributed by atoms with Crippen LogP contribution in [-0.2, 0) is 0 Å². The molecule has 0 atom stereocenters. The molecule has 0 spiro atoms. The Bertz CT molecular complexity index is 826. The molecule has 0 aromatic heterocycles. The Morgan fingerprint density at radius 1 is 0.952 bits per heavy atom. The van der Waals surface area contributed by atoms with Crippen molar-refractivity contribution in [3.05, 3.63) is 76.8 Å². The van der Waals surface area contributed by atoms with Crippen LogP contribution in [0.2, 0.25) is 5.02 Å². The van der Waals surface area contributed by atoms with Crippen molar-refractivity contribution in [3.63, 3.8) is 0 Å². The van der Waals surface area contributed by atoms with Gasteiger partial charge in [0.25, 0.3) is 5.91 Å². The fourth-order valence-corrected chi connectivity index (χ4v) is 2.38. The van der Waals surface area contributed by atoms with Crippen molar-refractivity contribution in [2.24, 2.45) is 0 Å². The largest absolute Gasteiger partial charge is 0.322 e. The van der Waals surface area contributed by atoms with E-state index in [1.807, 2.05) is 55.5 Å². The number of anilines is 1. The Kier molecular flexibility index (Phi) is 3.63. The summed E-state index contributed by atoms with van der Waals surface area (Å²) in [6.07, 6.45) is 0. The van der Waals surface area contributed by atoms with E-state index in [0.717, 1.165) is 22.0 Å². The van der Waals surface area contributed by atoms with Crippen LogP contribution < -0.4 is 5.32 Å². The summed E-state index contributed by atoms with van der Waals surface area (Å²) in [6, 6.07) is 19.2. The van der Waals surface area contributed by atoms with Crippen molar-refractivity contribution in [1.29, 1.82) is 0 Å². The molecule has 1 N–H and O–H groups in total. The maximum atomic E-state index is 12.2. The van der Waals surface area contributed by atoms with Crippen LogP contribution in [0, 0.1) is 6.92 Å². The summed E-state index contributed by atoms with van der Waals surface area (Å²) in [7, 11) is 0. The fraction of sp³-hybridized carbons (Fsp3) is 0.0556. The Labute approximate surface area is 128 Å². The predicted molar refractivity (Wildman–Crippen MR) is 88.1 cm³/mol. The number of benzene rings is 3. The van der Waals surface area contributed by atoms with Crippen LogP contribution in [-0.4, -0.2) is 5.91 Å². The van der Waals surface area contributed by atoms with Gasteiger partial charge in [-0.15, -0.1) is 0 Å². The zero-order valence-corrected chi connectivity index (χ0v) is 12.3. The van der Waals surface area contributed by atoms with E-state index in [9.17, 15) is 4.79 Å². The van der Waals surface area contributed by atoms with Gasteiger partial charge >= 0.3 is 0 Å². The summed E-state index contributed by atoms with van der Waals surface area (Å²) in [6.45, 7) is 1.91. The van der Waals surface area contributed by atoms with Gasteiger partial charge in [0.15, 0.2) is 0 Å². The first kappa shape index (κ1) is 13.7. The Morgan fingerprint density at radius 3 is 2.48 bits per heavy atom. The number of hydrogen-bond acceptors (Lipinski definition) is 1. The average Bonchev–Trinajstić information content (AvgIpc) is 2.50. The number of halogens is 1. The second-order valence-electron chi connectivity index (χ2n) is 4.98. The quantitative estimate of drug-likeness (QED) is 0.704. The van der Waals surface area contributed by atoms with E-state index in [2.05, 4.69) is 5.32 Å². The lowest BCUT2D eigenvalue weighted by atomic mass is 10.1. The van der Waals surface area contributed by atoms with Gasteiger partial charge in [0.05, 0.1) is 0 Å². The molecule has 0 saturated carbocycles. The van der Waals surface area contributed by atoms with E-state index in [1.165, 1.54) is 0 Å². The minimum Gasteiger partial charge on any atom is -0.322 e. The van der Waals surface area contributed by atoms with Crippen LogP contribution in [0.15, 0.2) is 60.7 Å². The van der Waals surface area contributed by atoms with Crippen molar-refractivity contribution in [2.45, 2.75) is 6.92 Å². The van der Waals surface area contributed by atoms with Crippen LogP contribution in [0.25, 0.3) is 10.8 Å². The van der Waals surface area contributed by atoms with Gasteiger partial charge in [0, 0.05) is 16.3 Å². The number of amides is 1. The van der Waals surface area contributed by atoms with Gasteiger partial charge in [-0.2, -0.15) is 0 Å². The highest BCUT2D eigenvalue weighted by Crippen LogP contribution is 2.21. The lowest BCUT2D eigenvalue weighted by Gasteiger charge is -2.08. The van der Waals surface area contributed by atoms with E-state index < -0.39 is 0 Å². The van der Waals surface area contributed by atoms with Gasteiger partial charge < -0.3 is 5.32 Å². The summed E-state index contributed by atoms with van der Waals surface area (Å²) in [5.74, 6) is -0.160. The van der Waals surface area contributed by atoms with Gasteiger partial charge in [-0.25, -0.2) is 0 Å². The molecule has 21 heavy (non-hydrogen) atoms. The average molecular weight is 296 g/mol. The molecule has 3 rings (SSSR count). The van der Waals surface area contributed by atoms with Crippen LogP contribution >= 0.6 is 11.6 Å². The molecule has 0 saturated heterocycles. The molecule has 0 radical (unpaired) electrons. The third-order valence-corrected chi connectivity index (χ3v) is 3.85. The minimum absolute atomic E-state index is 0.160. The molecule has 0 aliphatic heterocycles. The molecule has 3 heteroatoms. The van der Waals surface area contributed by atoms with Gasteiger partial charge in [-0.3, -0.25) is 4.79 Å². The maximum absolute atomic E-state index is 12.2. The third kappa shape index (κ3) is 2.91. The molecule has 0 aliphatic carbocycles. The van der Waals surface area contributed by atoms with Gasteiger partial charge in [0.1, 0.15) is 0 Å². The molecule has 1 amide bonds. The Morgan fingerprint density at radius 2 is 1.71 bits per heavy atom. The highest BCUT2D eigenvalue weighted by atomic mass is 35.5. The van der Waals surface area contributed by atoms with Gasteiger partial charge in [0.2, 0.25) is 0 Å². The standard InChI is InChI=1S/C18H14ClNO/c1-12-6-7-15(11-17(12)19)18(21)20-16-9-8-13-4-2-3-5-14(13)10-16/h2-11H,1H3,(H,20,21). The predicted octanol–water partition coefficient (Wildman–Crippen LogP) is 5.05. The molecule has 3 aromatic carbocycles. The molecule has 0 aliphatic rings. The number of carbonyl (C=O) groups excluding carboxylic acids is 1. The lowest BCUT2D eigenvalue weighted by Crippen LogP contribution is -2.11. The van der Waals surface area contributed by atoms with Crippen molar-refractivity contribution >= 4 is 34.0 Å². The monoisotopic (exact) mass is 295 g/mol. The second kappa shape index (κ2) is 5.58. The molecule has 0 heterocycles. The summed E-state index contributed by atoms with van der Waals surface area (Å²) in [5, 5.41) is 5.74. The fourth-order valence-electron chi connectivity index (χ4n) is 2.20. The van der Waals surface area contributed by atoms with Crippen LogP contribution in [0.1, 0.15) is 15.9 Å². The van der Waals surface area contributed by atoms with Crippen molar-refractivity contribution in [2.75, 3.05) is 5.32 Å². The van der Waals surface area contributed by atoms with Crippen LogP contribution in [0.4, 0.5) is 5.69 Å². The number of hydrogen-bond donors (Lipinski definition) is 1. The summed E-state index contributed by atoms with van der Waals surface area (Å²) in [5.41, 5.74) is 2.29. The van der Waals surface area contributed by atoms with E-state index in [0.29, 0.717) is 10.6 Å². The SMILES string of the molecule is Cc1ccc(C(=O)Nc2ccc3ccccc3c2)cc1Cl. The number of carbonyl (C=O) groups is 1. The van der Waals surface area contributed by atoms with Crippen LogP contribution in [0.3, 0.4) is 0 Å². The van der Waals surface area contributed by atoms with Crippen LogP contribution in [0.5, 0.6) is 0 Å².